The van der Waals surface area contributed by atoms with E-state index in [1.165, 1.54) is 50.0 Å². The quantitative estimate of drug-likeness (QED) is 0.561. The van der Waals surface area contributed by atoms with Crippen molar-refractivity contribution in [1.29, 1.82) is 0 Å². The van der Waals surface area contributed by atoms with E-state index in [0.29, 0.717) is 0 Å². The van der Waals surface area contributed by atoms with Crippen LogP contribution in [0.4, 0.5) is 0 Å². The second kappa shape index (κ2) is 9.05. The molecule has 1 unspecified atom stereocenters. The molecule has 0 heterocycles. The van der Waals surface area contributed by atoms with Crippen LogP contribution in [0.5, 0.6) is 5.75 Å². The Hall–Kier alpha value is 0.0734. The molecule has 1 aromatic carbocycles. The van der Waals surface area contributed by atoms with Gasteiger partial charge in [0.05, 0.1) is 7.11 Å². The molecule has 1 aliphatic carbocycles. The molecule has 0 bridgehead atoms. The van der Waals surface area contributed by atoms with Crippen LogP contribution in [0.15, 0.2) is 24.3 Å². The van der Waals surface area contributed by atoms with E-state index in [1.807, 2.05) is 6.07 Å². The van der Waals surface area contributed by atoms with Gasteiger partial charge in [-0.3, -0.25) is 0 Å². The molecule has 0 aromatic heterocycles. The number of benzene rings is 1. The largest absolute Gasteiger partial charge is 0.496 e. The average Bonchev–Trinajstić information content (AvgIpc) is 2.40. The Kier molecular flexibility index (Phi) is 8.11. The van der Waals surface area contributed by atoms with Gasteiger partial charge in [0.25, 0.3) is 0 Å². The van der Waals surface area contributed by atoms with Crippen molar-refractivity contribution in [3.05, 3.63) is 29.8 Å². The van der Waals surface area contributed by atoms with E-state index in [-0.39, 0.29) is 19.5 Å². The van der Waals surface area contributed by atoms with Crippen LogP contribution in [-0.4, -0.2) is 13.3 Å². The summed E-state index contributed by atoms with van der Waals surface area (Å²) in [6.45, 7) is 0. The Labute approximate surface area is 126 Å². The maximum Gasteiger partial charge on any atom is 0.122 e. The van der Waals surface area contributed by atoms with E-state index in [4.69, 9.17) is 4.74 Å². The summed E-state index contributed by atoms with van der Waals surface area (Å²) in [4.78, 5) is 0. The summed E-state index contributed by atoms with van der Waals surface area (Å²) in [7, 11) is 2.83. The van der Waals surface area contributed by atoms with Gasteiger partial charge in [-0.15, -0.1) is 8.58 Å². The van der Waals surface area contributed by atoms with E-state index >= 15 is 0 Å². The minimum Gasteiger partial charge on any atom is -0.496 e. The first kappa shape index (κ1) is 16.1. The second-order valence-electron chi connectivity index (χ2n) is 4.95. The topological polar surface area (TPSA) is 9.23 Å². The molecule has 1 radical (unpaired) electrons. The van der Waals surface area contributed by atoms with Gasteiger partial charge in [-0.2, -0.15) is 0 Å². The van der Waals surface area contributed by atoms with Crippen LogP contribution < -0.4 is 4.74 Å². The summed E-state index contributed by atoms with van der Waals surface area (Å²) in [5, 5.41) is 0. The number of ether oxygens (including phenoxy) is 1. The van der Waals surface area contributed by atoms with E-state index in [0.717, 1.165) is 20.2 Å². The smallest absolute Gasteiger partial charge is 0.122 e. The normalized spacial score (nSPS) is 16.7. The minimum absolute atomic E-state index is 0. The second-order valence-corrected chi connectivity index (χ2v) is 6.21. The summed E-state index contributed by atoms with van der Waals surface area (Å²) in [6, 6.07) is 8.43. The van der Waals surface area contributed by atoms with Crippen molar-refractivity contribution in [2.45, 2.75) is 38.3 Å². The molecule has 1 atom stereocenters. The zero-order valence-corrected chi connectivity index (χ0v) is 13.7. The first-order valence-electron chi connectivity index (χ1n) is 6.73. The molecule has 3 heteroatoms. The van der Waals surface area contributed by atoms with Crippen molar-refractivity contribution >= 4 is 8.58 Å². The minimum atomic E-state index is 0. The summed E-state index contributed by atoms with van der Waals surface area (Å²) in [5.41, 5.74) is 1.38. The fourth-order valence-corrected chi connectivity index (χ4v) is 4.17. The number of hydrogen-bond acceptors (Lipinski definition) is 1. The predicted octanol–water partition coefficient (Wildman–Crippen LogP) is 4.45. The van der Waals surface area contributed by atoms with Gasteiger partial charge in [-0.1, -0.05) is 50.3 Å². The molecule has 1 saturated carbocycles. The van der Waals surface area contributed by atoms with Crippen LogP contribution >= 0.6 is 8.58 Å². The van der Waals surface area contributed by atoms with Gasteiger partial charge in [-0.25, -0.2) is 0 Å². The van der Waals surface area contributed by atoms with E-state index in [9.17, 15) is 0 Å². The third-order valence-electron chi connectivity index (χ3n) is 3.67. The summed E-state index contributed by atoms with van der Waals surface area (Å²) >= 11 is 0. The Bertz CT molecular complexity index is 337. The summed E-state index contributed by atoms with van der Waals surface area (Å²) in [5.74, 6) is 2.07. The van der Waals surface area contributed by atoms with Crippen molar-refractivity contribution in [1.82, 2.24) is 0 Å². The molecular weight excluding hydrogens is 330 g/mol. The van der Waals surface area contributed by atoms with Crippen molar-refractivity contribution in [2.75, 3.05) is 13.3 Å². The standard InChI is InChI=1S/C15H23OP.Rh/c1-16-15-10-6-5-9-14(15)12-17-11-13-7-3-2-4-8-13;/h5-6,9-10,13,17H,2-4,7-8,11-12H2,1H3;. The van der Waals surface area contributed by atoms with Gasteiger partial charge in [0.2, 0.25) is 0 Å². The van der Waals surface area contributed by atoms with Crippen molar-refractivity contribution in [2.24, 2.45) is 5.92 Å². The van der Waals surface area contributed by atoms with Gasteiger partial charge >= 0.3 is 0 Å². The molecule has 2 rings (SSSR count). The fourth-order valence-electron chi connectivity index (χ4n) is 2.65. The maximum atomic E-state index is 5.39. The Morgan fingerprint density at radius 3 is 2.61 bits per heavy atom. The molecule has 0 N–H and O–H groups in total. The monoisotopic (exact) mass is 353 g/mol. The van der Waals surface area contributed by atoms with Crippen molar-refractivity contribution < 1.29 is 24.2 Å². The molecule has 0 saturated heterocycles. The fraction of sp³-hybridized carbons (Fsp3) is 0.600. The Morgan fingerprint density at radius 2 is 1.89 bits per heavy atom. The van der Waals surface area contributed by atoms with Crippen LogP contribution in [0.2, 0.25) is 0 Å². The number of methoxy groups -OCH3 is 1. The van der Waals surface area contributed by atoms with Crippen LogP contribution in [0.3, 0.4) is 0 Å². The van der Waals surface area contributed by atoms with Gasteiger partial charge in [0.15, 0.2) is 0 Å². The van der Waals surface area contributed by atoms with Crippen LogP contribution in [0.25, 0.3) is 0 Å². The number of hydrogen-bond donors (Lipinski definition) is 0. The molecule has 0 aliphatic heterocycles. The predicted molar refractivity (Wildman–Crippen MR) is 76.5 cm³/mol. The SMILES string of the molecule is COc1ccccc1CPCC1CCCCC1.[Rh]. The van der Waals surface area contributed by atoms with Crippen molar-refractivity contribution in [3.63, 3.8) is 0 Å². The van der Waals surface area contributed by atoms with Gasteiger partial charge in [0, 0.05) is 19.5 Å². The van der Waals surface area contributed by atoms with E-state index in [1.54, 1.807) is 7.11 Å². The third kappa shape index (κ3) is 4.98. The summed E-state index contributed by atoms with van der Waals surface area (Å²) in [6.07, 6.45) is 9.95. The molecule has 18 heavy (non-hydrogen) atoms. The first-order valence-corrected chi connectivity index (χ1v) is 8.14. The average molecular weight is 353 g/mol. The van der Waals surface area contributed by atoms with Gasteiger partial charge in [-0.05, 0) is 29.9 Å². The molecule has 0 amide bonds. The zero-order chi connectivity index (χ0) is 11.9. The Morgan fingerprint density at radius 1 is 1.17 bits per heavy atom. The van der Waals surface area contributed by atoms with Crippen LogP contribution in [-0.2, 0) is 25.6 Å². The number of para-hydroxylation sites is 1. The Balaban J connectivity index is 0.00000162. The molecule has 1 aromatic rings. The third-order valence-corrected chi connectivity index (χ3v) is 5.16. The van der Waals surface area contributed by atoms with Crippen molar-refractivity contribution in [3.8, 4) is 5.75 Å². The first-order chi connectivity index (χ1) is 8.40. The summed E-state index contributed by atoms with van der Waals surface area (Å²) < 4.78 is 5.39. The zero-order valence-electron chi connectivity index (χ0n) is 11.1. The van der Waals surface area contributed by atoms with Gasteiger partial charge in [0.1, 0.15) is 5.75 Å². The van der Waals surface area contributed by atoms with E-state index in [2.05, 4.69) is 18.2 Å². The van der Waals surface area contributed by atoms with Crippen LogP contribution in [0, 0.1) is 5.92 Å². The molecule has 1 aliphatic rings. The molecular formula is C15H23OPRh. The van der Waals surface area contributed by atoms with Gasteiger partial charge < -0.3 is 4.74 Å². The number of rotatable bonds is 5. The molecule has 1 nitrogen and oxygen atoms in total. The molecule has 1 fully saturated rings. The van der Waals surface area contributed by atoms with Crippen LogP contribution in [0.1, 0.15) is 37.7 Å². The molecule has 103 valence electrons. The maximum absolute atomic E-state index is 5.39. The molecule has 0 spiro atoms. The van der Waals surface area contributed by atoms with E-state index < -0.39 is 0 Å².